The van der Waals surface area contributed by atoms with E-state index in [2.05, 4.69) is 64.9 Å². The Morgan fingerprint density at radius 2 is 2.00 bits per heavy atom. The van der Waals surface area contributed by atoms with Gasteiger partial charge in [-0.1, -0.05) is 13.8 Å². The summed E-state index contributed by atoms with van der Waals surface area (Å²) in [7, 11) is 2.07. The number of anilines is 1. The number of nitrogens with two attached hydrogens (primary N) is 1. The van der Waals surface area contributed by atoms with Crippen LogP contribution in [0.5, 0.6) is 0 Å². The molecule has 0 bridgehead atoms. The molecule has 0 saturated carbocycles. The van der Waals surface area contributed by atoms with Crippen molar-refractivity contribution in [2.75, 3.05) is 38.1 Å². The first kappa shape index (κ1) is 19.4. The predicted molar refractivity (Wildman–Crippen MR) is 105 cm³/mol. The molecule has 0 fully saturated rings. The monoisotopic (exact) mass is 344 g/mol. The maximum Gasteiger partial charge on any atom is 0.128 e. The quantitative estimate of drug-likeness (QED) is 0.693. The summed E-state index contributed by atoms with van der Waals surface area (Å²) < 4.78 is 0. The van der Waals surface area contributed by atoms with Crippen molar-refractivity contribution in [2.24, 2.45) is 11.7 Å². The molecule has 6 heteroatoms. The molecule has 2 rings (SSSR count). The minimum Gasteiger partial charge on any atom is -0.357 e. The molecule has 0 saturated heterocycles. The lowest BCUT2D eigenvalue weighted by Crippen LogP contribution is -2.25. The summed E-state index contributed by atoms with van der Waals surface area (Å²) in [4.78, 5) is 9.21. The fourth-order valence-electron chi connectivity index (χ4n) is 2.84. The largest absolute Gasteiger partial charge is 0.357 e. The predicted octanol–water partition coefficient (Wildman–Crippen LogP) is 2.73. The summed E-state index contributed by atoms with van der Waals surface area (Å²) in [5, 5.41) is 7.32. The first-order valence-electron chi connectivity index (χ1n) is 9.17. The van der Waals surface area contributed by atoms with Crippen LogP contribution in [0.25, 0.3) is 11.3 Å². The Hall–Kier alpha value is -1.92. The number of nitrogens with one attached hydrogen (secondary N) is 1. The molecule has 3 N–H and O–H groups in total. The van der Waals surface area contributed by atoms with Crippen LogP contribution in [0.1, 0.15) is 32.8 Å². The van der Waals surface area contributed by atoms with Gasteiger partial charge in [-0.25, -0.2) is 4.98 Å². The Labute approximate surface area is 151 Å². The van der Waals surface area contributed by atoms with Crippen LogP contribution in [-0.4, -0.2) is 53.3 Å². The van der Waals surface area contributed by atoms with Crippen LogP contribution in [0.4, 0.5) is 5.82 Å². The Kier molecular flexibility index (Phi) is 7.40. The highest BCUT2D eigenvalue weighted by molar-refractivity contribution is 5.63. The molecule has 138 valence electrons. The number of pyridine rings is 1. The van der Waals surface area contributed by atoms with E-state index in [4.69, 9.17) is 5.73 Å². The van der Waals surface area contributed by atoms with E-state index in [-0.39, 0.29) is 0 Å². The number of aromatic amines is 1. The van der Waals surface area contributed by atoms with Gasteiger partial charge in [0.05, 0.1) is 11.9 Å². The van der Waals surface area contributed by atoms with Crippen molar-refractivity contribution >= 4 is 5.82 Å². The molecule has 0 atom stereocenters. The molecule has 0 aliphatic carbocycles. The fraction of sp³-hybridized carbons (Fsp3) is 0.579. The van der Waals surface area contributed by atoms with E-state index in [0.29, 0.717) is 12.5 Å². The van der Waals surface area contributed by atoms with Gasteiger partial charge in [0.1, 0.15) is 5.82 Å². The highest BCUT2D eigenvalue weighted by Crippen LogP contribution is 2.23. The van der Waals surface area contributed by atoms with Crippen molar-refractivity contribution in [2.45, 2.75) is 33.7 Å². The Balaban J connectivity index is 2.11. The van der Waals surface area contributed by atoms with Gasteiger partial charge in [-0.3, -0.25) is 5.10 Å². The molecule has 0 aromatic carbocycles. The second kappa shape index (κ2) is 9.53. The van der Waals surface area contributed by atoms with Crippen LogP contribution in [0.2, 0.25) is 0 Å². The van der Waals surface area contributed by atoms with Gasteiger partial charge in [0.25, 0.3) is 0 Å². The minimum absolute atomic E-state index is 0.656. The highest BCUT2D eigenvalue weighted by atomic mass is 15.2. The summed E-state index contributed by atoms with van der Waals surface area (Å²) in [5.41, 5.74) is 8.90. The van der Waals surface area contributed by atoms with Gasteiger partial charge in [0.2, 0.25) is 0 Å². The molecule has 0 spiro atoms. The first-order valence-corrected chi connectivity index (χ1v) is 9.17. The summed E-state index contributed by atoms with van der Waals surface area (Å²) in [6.07, 6.45) is 5.00. The van der Waals surface area contributed by atoms with Gasteiger partial charge in [-0.05, 0) is 38.4 Å². The van der Waals surface area contributed by atoms with Gasteiger partial charge in [-0.15, -0.1) is 0 Å². The van der Waals surface area contributed by atoms with E-state index in [1.54, 1.807) is 0 Å². The first-order chi connectivity index (χ1) is 12.0. The lowest BCUT2D eigenvalue weighted by Gasteiger charge is -2.23. The Morgan fingerprint density at radius 3 is 2.60 bits per heavy atom. The third-order valence-electron chi connectivity index (χ3n) is 4.39. The molecular weight excluding hydrogens is 312 g/mol. The van der Waals surface area contributed by atoms with Gasteiger partial charge in [0, 0.05) is 50.0 Å². The zero-order valence-corrected chi connectivity index (χ0v) is 16.0. The molecule has 6 nitrogen and oxygen atoms in total. The average Bonchev–Trinajstić information content (AvgIpc) is 3.04. The van der Waals surface area contributed by atoms with Crippen molar-refractivity contribution in [3.05, 3.63) is 30.1 Å². The summed E-state index contributed by atoms with van der Waals surface area (Å²) in [5.74, 6) is 1.74. The van der Waals surface area contributed by atoms with Crippen LogP contribution < -0.4 is 10.6 Å². The van der Waals surface area contributed by atoms with Crippen LogP contribution in [0.15, 0.2) is 24.5 Å². The number of hydrogen-bond acceptors (Lipinski definition) is 5. The van der Waals surface area contributed by atoms with Crippen LogP contribution in [0, 0.1) is 5.92 Å². The van der Waals surface area contributed by atoms with E-state index >= 15 is 0 Å². The molecule has 25 heavy (non-hydrogen) atoms. The average molecular weight is 345 g/mol. The summed E-state index contributed by atoms with van der Waals surface area (Å²) >= 11 is 0. The minimum atomic E-state index is 0.656. The topological polar surface area (TPSA) is 74.1 Å². The third-order valence-corrected chi connectivity index (χ3v) is 4.39. The van der Waals surface area contributed by atoms with E-state index in [9.17, 15) is 0 Å². The molecule has 0 radical (unpaired) electrons. The number of aromatic nitrogens is 3. The van der Waals surface area contributed by atoms with Crippen molar-refractivity contribution in [1.29, 1.82) is 0 Å². The van der Waals surface area contributed by atoms with Crippen molar-refractivity contribution in [3.63, 3.8) is 0 Å². The highest BCUT2D eigenvalue weighted by Gasteiger charge is 2.12. The van der Waals surface area contributed by atoms with Gasteiger partial charge >= 0.3 is 0 Å². The number of rotatable bonds is 10. The second-order valence-electron chi connectivity index (χ2n) is 6.96. The molecule has 2 aromatic rings. The van der Waals surface area contributed by atoms with E-state index < -0.39 is 0 Å². The normalized spacial score (nSPS) is 11.5. The maximum atomic E-state index is 5.63. The lowest BCUT2D eigenvalue weighted by atomic mass is 10.1. The van der Waals surface area contributed by atoms with Crippen molar-refractivity contribution in [1.82, 2.24) is 20.1 Å². The fourth-order valence-corrected chi connectivity index (χ4v) is 2.84. The zero-order valence-electron chi connectivity index (χ0n) is 16.0. The third kappa shape index (κ3) is 5.54. The number of nitrogens with zero attached hydrogens (tertiary/aromatic N) is 4. The zero-order chi connectivity index (χ0) is 18.2. The number of hydrogen-bond donors (Lipinski definition) is 2. The molecule has 2 heterocycles. The molecule has 2 aromatic heterocycles. The van der Waals surface area contributed by atoms with Gasteiger partial charge in [-0.2, -0.15) is 5.10 Å². The lowest BCUT2D eigenvalue weighted by molar-refractivity contribution is 0.337. The Morgan fingerprint density at radius 1 is 1.20 bits per heavy atom. The van der Waals surface area contributed by atoms with Crippen molar-refractivity contribution in [3.8, 4) is 11.3 Å². The SMILES string of the molecule is CCN(CCC(C)C)c1ccc(-c2[nH]ncc2CN(C)CCN)cn1. The van der Waals surface area contributed by atoms with Gasteiger partial charge in [0.15, 0.2) is 0 Å². The Bertz CT molecular complexity index is 619. The summed E-state index contributed by atoms with van der Waals surface area (Å²) in [6.45, 7) is 11.0. The molecule has 0 unspecified atom stereocenters. The van der Waals surface area contributed by atoms with Gasteiger partial charge < -0.3 is 15.5 Å². The molecule has 0 aliphatic heterocycles. The molecular formula is C19H32N6. The summed E-state index contributed by atoms with van der Waals surface area (Å²) in [6, 6.07) is 4.23. The second-order valence-corrected chi connectivity index (χ2v) is 6.96. The molecule has 0 amide bonds. The van der Waals surface area contributed by atoms with Crippen LogP contribution in [0.3, 0.4) is 0 Å². The van der Waals surface area contributed by atoms with E-state index in [1.165, 1.54) is 6.42 Å². The standard InChI is InChI=1S/C19H32N6/c1-5-25(10-8-15(2)3)18-7-6-16(12-21-18)19-17(13-22-23-19)14-24(4)11-9-20/h6-7,12-13,15H,5,8-11,14,20H2,1-4H3,(H,22,23). The van der Waals surface area contributed by atoms with E-state index in [1.807, 2.05) is 12.4 Å². The van der Waals surface area contributed by atoms with Crippen LogP contribution >= 0.6 is 0 Å². The number of H-pyrrole nitrogens is 1. The molecule has 0 aliphatic rings. The van der Waals surface area contributed by atoms with E-state index in [0.717, 1.165) is 48.8 Å². The number of likely N-dealkylation sites (N-methyl/N-ethyl adjacent to an activating group) is 1. The van der Waals surface area contributed by atoms with Crippen LogP contribution in [-0.2, 0) is 6.54 Å². The van der Waals surface area contributed by atoms with Crippen molar-refractivity contribution < 1.29 is 0 Å². The maximum absolute atomic E-state index is 5.63. The smallest absolute Gasteiger partial charge is 0.128 e.